The van der Waals surface area contributed by atoms with Crippen LogP contribution in [-0.4, -0.2) is 10.9 Å². The minimum Gasteiger partial charge on any atom is -0.307 e. The summed E-state index contributed by atoms with van der Waals surface area (Å²) >= 11 is 9.03. The van der Waals surface area contributed by atoms with Crippen molar-refractivity contribution in [2.75, 3.05) is 5.32 Å². The van der Waals surface area contributed by atoms with Gasteiger partial charge in [-0.15, -0.1) is 0 Å². The van der Waals surface area contributed by atoms with Gasteiger partial charge in [-0.25, -0.2) is 9.37 Å². The highest BCUT2D eigenvalue weighted by atomic mass is 79.9. The van der Waals surface area contributed by atoms with Crippen LogP contribution in [-0.2, 0) is 0 Å². The molecule has 6 heteroatoms. The summed E-state index contributed by atoms with van der Waals surface area (Å²) in [5, 5.41) is 3.08. The van der Waals surface area contributed by atoms with E-state index < -0.39 is 5.82 Å². The minimum absolute atomic E-state index is 0.281. The number of halogens is 3. The fourth-order valence-corrected chi connectivity index (χ4v) is 2.17. The van der Waals surface area contributed by atoms with Gasteiger partial charge in [-0.1, -0.05) is 11.6 Å². The van der Waals surface area contributed by atoms with Gasteiger partial charge in [-0.2, -0.15) is 0 Å². The molecule has 0 aliphatic rings. The van der Waals surface area contributed by atoms with Crippen LogP contribution in [0.1, 0.15) is 10.4 Å². The highest BCUT2D eigenvalue weighted by Crippen LogP contribution is 2.22. The molecule has 2 rings (SSSR count). The molecule has 1 aromatic carbocycles. The summed E-state index contributed by atoms with van der Waals surface area (Å²) in [5.74, 6) is -0.526. The van der Waals surface area contributed by atoms with Crippen LogP contribution in [0.5, 0.6) is 0 Å². The van der Waals surface area contributed by atoms with Gasteiger partial charge in [-0.05, 0) is 46.3 Å². The number of carbonyl (C=O) groups excluding carboxylic acids is 1. The van der Waals surface area contributed by atoms with Crippen LogP contribution >= 0.6 is 27.5 Å². The van der Waals surface area contributed by atoms with Crippen LogP contribution in [0.15, 0.2) is 41.0 Å². The van der Waals surface area contributed by atoms with Crippen molar-refractivity contribution in [3.63, 3.8) is 0 Å². The van der Waals surface area contributed by atoms with Crippen molar-refractivity contribution in [3.05, 3.63) is 57.4 Å². The van der Waals surface area contributed by atoms with Crippen LogP contribution in [0.2, 0.25) is 5.02 Å². The largest absolute Gasteiger partial charge is 0.307 e. The molecule has 92 valence electrons. The molecule has 0 aliphatic carbocycles. The van der Waals surface area contributed by atoms with E-state index in [0.29, 0.717) is 15.1 Å². The van der Waals surface area contributed by atoms with Gasteiger partial charge in [0, 0.05) is 9.50 Å². The number of rotatable bonds is 2. The van der Waals surface area contributed by atoms with E-state index in [0.717, 1.165) is 6.20 Å². The van der Waals surface area contributed by atoms with Crippen molar-refractivity contribution >= 4 is 39.3 Å². The third-order valence-corrected chi connectivity index (χ3v) is 3.04. The minimum atomic E-state index is -0.458. The summed E-state index contributed by atoms with van der Waals surface area (Å²) in [7, 11) is 0. The van der Waals surface area contributed by atoms with Gasteiger partial charge in [0.2, 0.25) is 0 Å². The molecule has 2 aromatic rings. The maximum Gasteiger partial charge on any atom is 0.257 e. The molecule has 0 saturated carbocycles. The van der Waals surface area contributed by atoms with Crippen LogP contribution in [0.4, 0.5) is 10.2 Å². The number of hydrogen-bond acceptors (Lipinski definition) is 2. The lowest BCUT2D eigenvalue weighted by molar-refractivity contribution is 0.102. The van der Waals surface area contributed by atoms with Crippen molar-refractivity contribution in [2.45, 2.75) is 0 Å². The Hall–Kier alpha value is -1.46. The van der Waals surface area contributed by atoms with Crippen molar-refractivity contribution in [1.82, 2.24) is 4.98 Å². The zero-order chi connectivity index (χ0) is 13.1. The average Bonchev–Trinajstić information content (AvgIpc) is 2.32. The van der Waals surface area contributed by atoms with Gasteiger partial charge >= 0.3 is 0 Å². The highest BCUT2D eigenvalue weighted by molar-refractivity contribution is 9.10. The number of aromatic nitrogens is 1. The second-order valence-corrected chi connectivity index (χ2v) is 4.73. The number of amides is 1. The van der Waals surface area contributed by atoms with E-state index in [9.17, 15) is 9.18 Å². The average molecular weight is 330 g/mol. The standard InChI is InChI=1S/C12H7BrClFN2O/c13-10-5-7(14)1-3-9(10)12(18)17-11-4-2-8(15)6-16-11/h1-6H,(H,16,17,18). The molecular weight excluding hydrogens is 322 g/mol. The fourth-order valence-electron chi connectivity index (χ4n) is 1.31. The summed E-state index contributed by atoms with van der Waals surface area (Å²) in [6.45, 7) is 0. The van der Waals surface area contributed by atoms with Crippen molar-refractivity contribution in [2.24, 2.45) is 0 Å². The molecule has 0 unspecified atom stereocenters. The van der Waals surface area contributed by atoms with Gasteiger partial charge < -0.3 is 5.32 Å². The summed E-state index contributed by atoms with van der Waals surface area (Å²) in [4.78, 5) is 15.7. The lowest BCUT2D eigenvalue weighted by atomic mass is 10.2. The first-order valence-corrected chi connectivity index (χ1v) is 6.11. The van der Waals surface area contributed by atoms with Gasteiger partial charge in [0.25, 0.3) is 5.91 Å². The van der Waals surface area contributed by atoms with Crippen LogP contribution in [0, 0.1) is 5.82 Å². The first-order chi connectivity index (χ1) is 8.56. The second kappa shape index (κ2) is 5.46. The molecule has 0 fully saturated rings. The number of hydrogen-bond donors (Lipinski definition) is 1. The molecule has 1 amide bonds. The number of pyridine rings is 1. The molecule has 0 aliphatic heterocycles. The maximum atomic E-state index is 12.7. The van der Waals surface area contributed by atoms with Crippen LogP contribution in [0.25, 0.3) is 0 Å². The smallest absolute Gasteiger partial charge is 0.257 e. The van der Waals surface area contributed by atoms with E-state index in [1.54, 1.807) is 18.2 Å². The Bertz CT molecular complexity index is 589. The normalized spacial score (nSPS) is 10.2. The number of carbonyl (C=O) groups is 1. The molecule has 1 N–H and O–H groups in total. The van der Waals surface area contributed by atoms with E-state index in [4.69, 9.17) is 11.6 Å². The van der Waals surface area contributed by atoms with Gasteiger partial charge in [0.1, 0.15) is 11.6 Å². The Kier molecular flexibility index (Phi) is 3.93. The molecule has 18 heavy (non-hydrogen) atoms. The Balaban J connectivity index is 2.19. The molecule has 0 atom stereocenters. The summed E-state index contributed by atoms with van der Waals surface area (Å²) in [6, 6.07) is 7.43. The maximum absolute atomic E-state index is 12.7. The van der Waals surface area contributed by atoms with Crippen LogP contribution < -0.4 is 5.32 Å². The molecule has 0 spiro atoms. The van der Waals surface area contributed by atoms with Crippen molar-refractivity contribution in [3.8, 4) is 0 Å². The van der Waals surface area contributed by atoms with E-state index >= 15 is 0 Å². The third-order valence-electron chi connectivity index (χ3n) is 2.14. The van der Waals surface area contributed by atoms with E-state index in [2.05, 4.69) is 26.2 Å². The van der Waals surface area contributed by atoms with Crippen molar-refractivity contribution in [1.29, 1.82) is 0 Å². The van der Waals surface area contributed by atoms with Gasteiger partial charge in [-0.3, -0.25) is 4.79 Å². The van der Waals surface area contributed by atoms with Crippen LogP contribution in [0.3, 0.4) is 0 Å². The quantitative estimate of drug-likeness (QED) is 0.908. The summed E-state index contributed by atoms with van der Waals surface area (Å²) < 4.78 is 13.2. The Labute approximate surface area is 116 Å². The Morgan fingerprint density at radius 3 is 2.72 bits per heavy atom. The predicted molar refractivity (Wildman–Crippen MR) is 71.3 cm³/mol. The molecule has 1 aromatic heterocycles. The number of anilines is 1. The molecule has 0 radical (unpaired) electrons. The first-order valence-electron chi connectivity index (χ1n) is 4.94. The number of benzene rings is 1. The zero-order valence-electron chi connectivity index (χ0n) is 8.95. The molecule has 3 nitrogen and oxygen atoms in total. The summed E-state index contributed by atoms with van der Waals surface area (Å²) in [5.41, 5.74) is 0.422. The SMILES string of the molecule is O=C(Nc1ccc(F)cn1)c1ccc(Cl)cc1Br. The van der Waals surface area contributed by atoms with E-state index in [1.165, 1.54) is 12.1 Å². The lowest BCUT2D eigenvalue weighted by Gasteiger charge is -2.06. The molecular formula is C12H7BrClFN2O. The van der Waals surface area contributed by atoms with Gasteiger partial charge in [0.15, 0.2) is 0 Å². The fraction of sp³-hybridized carbons (Fsp3) is 0. The summed E-state index contributed by atoms with van der Waals surface area (Å²) in [6.07, 6.45) is 1.03. The van der Waals surface area contributed by atoms with Gasteiger partial charge in [0.05, 0.1) is 11.8 Å². The molecule has 0 saturated heterocycles. The number of nitrogens with zero attached hydrogens (tertiary/aromatic N) is 1. The van der Waals surface area contributed by atoms with E-state index in [1.807, 2.05) is 0 Å². The number of nitrogens with one attached hydrogen (secondary N) is 1. The highest BCUT2D eigenvalue weighted by Gasteiger charge is 2.11. The first kappa shape index (κ1) is 13.0. The monoisotopic (exact) mass is 328 g/mol. The zero-order valence-corrected chi connectivity index (χ0v) is 11.3. The molecule has 0 bridgehead atoms. The van der Waals surface area contributed by atoms with E-state index in [-0.39, 0.29) is 11.7 Å². The van der Waals surface area contributed by atoms with Crippen molar-refractivity contribution < 1.29 is 9.18 Å². The Morgan fingerprint density at radius 2 is 2.11 bits per heavy atom. The predicted octanol–water partition coefficient (Wildman–Crippen LogP) is 3.89. The second-order valence-electron chi connectivity index (χ2n) is 3.44. The Morgan fingerprint density at radius 1 is 1.33 bits per heavy atom. The third kappa shape index (κ3) is 3.05. The topological polar surface area (TPSA) is 42.0 Å². The lowest BCUT2D eigenvalue weighted by Crippen LogP contribution is -2.13. The molecule has 1 heterocycles.